The average Bonchev–Trinajstić information content (AvgIpc) is 2.69. The second-order valence-corrected chi connectivity index (χ2v) is 8.26. The van der Waals surface area contributed by atoms with Crippen LogP contribution >= 0.6 is 0 Å². The Morgan fingerprint density at radius 3 is 2.59 bits per heavy atom. The molecule has 0 spiro atoms. The van der Waals surface area contributed by atoms with Crippen LogP contribution in [-0.2, 0) is 16.0 Å². The first-order valence-corrected chi connectivity index (χ1v) is 10.4. The van der Waals surface area contributed by atoms with Crippen LogP contribution in [0.3, 0.4) is 0 Å². The molecule has 1 aliphatic heterocycles. The molecule has 29 heavy (non-hydrogen) atoms. The highest BCUT2D eigenvalue weighted by atomic mass is 16.5. The first-order chi connectivity index (χ1) is 13.9. The van der Waals surface area contributed by atoms with Gasteiger partial charge in [0.1, 0.15) is 11.5 Å². The minimum absolute atomic E-state index is 0.00123. The number of benzene rings is 1. The zero-order chi connectivity index (χ0) is 21.0. The monoisotopic (exact) mass is 400 g/mol. The molecule has 8 heteroatoms. The summed E-state index contributed by atoms with van der Waals surface area (Å²) in [6.07, 6.45) is 4.78. The second kappa shape index (κ2) is 9.54. The molecule has 0 unspecified atom stereocenters. The Balaban J connectivity index is 1.51. The standard InChI is InChI=1S/C21H29BN2O5/c1-13(25)19-4-2-3-15-10-16(22(28)29-21(15)19)11-18(26)9-14-5-7-17(8-6-14)24-20(27)12-23/h2-4,14,16-17,28H,5-12,23H2,1H3,(H,24,27)/t14?,16-,17?/m1/s1. The maximum Gasteiger partial charge on any atom is 0.526 e. The summed E-state index contributed by atoms with van der Waals surface area (Å²) in [6.45, 7) is 1.47. The molecule has 0 radical (unpaired) electrons. The summed E-state index contributed by atoms with van der Waals surface area (Å²) in [4.78, 5) is 35.8. The normalized spacial score (nSPS) is 23.7. The molecular weight excluding hydrogens is 371 g/mol. The number of rotatable bonds is 7. The van der Waals surface area contributed by atoms with E-state index in [4.69, 9.17) is 10.4 Å². The number of amides is 1. The molecule has 4 N–H and O–H groups in total. The van der Waals surface area contributed by atoms with Crippen molar-refractivity contribution in [3.05, 3.63) is 29.3 Å². The lowest BCUT2D eigenvalue weighted by Gasteiger charge is -2.30. The Hall–Kier alpha value is -2.19. The van der Waals surface area contributed by atoms with Crippen molar-refractivity contribution in [3.63, 3.8) is 0 Å². The summed E-state index contributed by atoms with van der Waals surface area (Å²) in [5.74, 6) is 0.322. The maximum absolute atomic E-state index is 12.6. The Kier molecular flexibility index (Phi) is 7.08. The topological polar surface area (TPSA) is 119 Å². The van der Waals surface area contributed by atoms with E-state index in [-0.39, 0.29) is 42.3 Å². The molecule has 156 valence electrons. The highest BCUT2D eigenvalue weighted by Crippen LogP contribution is 2.37. The fourth-order valence-electron chi connectivity index (χ4n) is 4.43. The Morgan fingerprint density at radius 2 is 1.93 bits per heavy atom. The van der Waals surface area contributed by atoms with Crippen molar-refractivity contribution in [1.82, 2.24) is 5.32 Å². The molecule has 0 bridgehead atoms. The predicted molar refractivity (Wildman–Crippen MR) is 110 cm³/mol. The van der Waals surface area contributed by atoms with Gasteiger partial charge in [-0.25, -0.2) is 0 Å². The third kappa shape index (κ3) is 5.45. The van der Waals surface area contributed by atoms with Crippen molar-refractivity contribution in [3.8, 4) is 5.75 Å². The number of carbonyl (C=O) groups excluding carboxylic acids is 3. The van der Waals surface area contributed by atoms with Gasteiger partial charge < -0.3 is 20.7 Å². The molecular formula is C21H29BN2O5. The second-order valence-electron chi connectivity index (χ2n) is 8.26. The largest absolute Gasteiger partial charge is 0.535 e. The maximum atomic E-state index is 12.6. The first-order valence-electron chi connectivity index (χ1n) is 10.4. The summed E-state index contributed by atoms with van der Waals surface area (Å²) in [7, 11) is -1.09. The van der Waals surface area contributed by atoms with E-state index in [1.54, 1.807) is 12.1 Å². The Labute approximate surface area is 171 Å². The summed E-state index contributed by atoms with van der Waals surface area (Å²) in [5, 5.41) is 13.3. The van der Waals surface area contributed by atoms with Gasteiger partial charge in [-0.3, -0.25) is 14.4 Å². The molecule has 0 saturated heterocycles. The number of fused-ring (bicyclic) bond motifs is 1. The number of nitrogens with two attached hydrogens (primary N) is 1. The summed E-state index contributed by atoms with van der Waals surface area (Å²) in [6, 6.07) is 5.52. The number of Topliss-reactive ketones (excluding diaryl/α,β-unsaturated/α-hetero) is 2. The van der Waals surface area contributed by atoms with E-state index >= 15 is 0 Å². The van der Waals surface area contributed by atoms with Gasteiger partial charge in [0.15, 0.2) is 5.78 Å². The molecule has 1 aromatic rings. The highest BCUT2D eigenvalue weighted by molar-refractivity contribution is 6.47. The molecule has 1 atom stereocenters. The van der Waals surface area contributed by atoms with E-state index in [0.717, 1.165) is 31.2 Å². The number of ketones is 2. The van der Waals surface area contributed by atoms with Crippen LogP contribution in [-0.4, -0.2) is 42.2 Å². The fourth-order valence-corrected chi connectivity index (χ4v) is 4.43. The van der Waals surface area contributed by atoms with Crippen molar-refractivity contribution in [2.24, 2.45) is 11.7 Å². The Morgan fingerprint density at radius 1 is 1.21 bits per heavy atom. The lowest BCUT2D eigenvalue weighted by molar-refractivity contribution is -0.122. The third-order valence-corrected chi connectivity index (χ3v) is 6.00. The summed E-state index contributed by atoms with van der Waals surface area (Å²) >= 11 is 0. The van der Waals surface area contributed by atoms with Crippen LogP contribution < -0.4 is 15.7 Å². The molecule has 1 aliphatic carbocycles. The van der Waals surface area contributed by atoms with Crippen molar-refractivity contribution in [2.45, 2.75) is 63.7 Å². The SMILES string of the molecule is CC(=O)c1cccc2c1OB(O)[C@@H](CC(=O)CC1CCC(NC(=O)CN)CC1)C2. The zero-order valence-electron chi connectivity index (χ0n) is 16.9. The average molecular weight is 400 g/mol. The molecule has 3 rings (SSSR count). The molecule has 1 heterocycles. The van der Waals surface area contributed by atoms with Crippen molar-refractivity contribution >= 4 is 24.6 Å². The number of hydrogen-bond donors (Lipinski definition) is 3. The zero-order valence-corrected chi connectivity index (χ0v) is 16.9. The van der Waals surface area contributed by atoms with E-state index in [0.29, 0.717) is 30.1 Å². The minimum Gasteiger partial charge on any atom is -0.535 e. The first kappa shape index (κ1) is 21.5. The molecule has 7 nitrogen and oxygen atoms in total. The van der Waals surface area contributed by atoms with E-state index < -0.39 is 7.12 Å². The van der Waals surface area contributed by atoms with Gasteiger partial charge in [-0.2, -0.15) is 0 Å². The van der Waals surface area contributed by atoms with Crippen molar-refractivity contribution in [2.75, 3.05) is 6.54 Å². The van der Waals surface area contributed by atoms with Crippen molar-refractivity contribution in [1.29, 1.82) is 0 Å². The highest BCUT2D eigenvalue weighted by Gasteiger charge is 2.37. The Bertz CT molecular complexity index is 776. The van der Waals surface area contributed by atoms with Gasteiger partial charge >= 0.3 is 7.12 Å². The smallest absolute Gasteiger partial charge is 0.526 e. The van der Waals surface area contributed by atoms with E-state index in [1.165, 1.54) is 6.92 Å². The van der Waals surface area contributed by atoms with Crippen LogP contribution in [0.4, 0.5) is 0 Å². The molecule has 0 aromatic heterocycles. The van der Waals surface area contributed by atoms with Gasteiger partial charge in [0, 0.05) is 24.7 Å². The van der Waals surface area contributed by atoms with Gasteiger partial charge in [-0.1, -0.05) is 12.1 Å². The van der Waals surface area contributed by atoms with Crippen LogP contribution in [0.2, 0.25) is 5.82 Å². The van der Waals surface area contributed by atoms with Crippen LogP contribution in [0.1, 0.15) is 61.4 Å². The molecule has 2 aliphatic rings. The number of carbonyl (C=O) groups is 3. The lowest BCUT2D eigenvalue weighted by Crippen LogP contribution is -2.41. The third-order valence-electron chi connectivity index (χ3n) is 6.00. The predicted octanol–water partition coefficient (Wildman–Crippen LogP) is 1.66. The fraction of sp³-hybridized carbons (Fsp3) is 0.571. The van der Waals surface area contributed by atoms with Gasteiger partial charge in [0.2, 0.25) is 5.91 Å². The molecule has 1 saturated carbocycles. The number of hydrogen-bond acceptors (Lipinski definition) is 6. The van der Waals surface area contributed by atoms with Crippen LogP contribution in [0.5, 0.6) is 5.75 Å². The van der Waals surface area contributed by atoms with Crippen LogP contribution in [0.15, 0.2) is 18.2 Å². The quantitative estimate of drug-likeness (QED) is 0.473. The van der Waals surface area contributed by atoms with E-state index in [9.17, 15) is 19.4 Å². The number of nitrogens with one attached hydrogen (secondary N) is 1. The van der Waals surface area contributed by atoms with Gasteiger partial charge in [-0.05, 0) is 56.6 Å². The lowest BCUT2D eigenvalue weighted by atomic mass is 9.64. The van der Waals surface area contributed by atoms with Gasteiger partial charge in [-0.15, -0.1) is 0 Å². The molecule has 1 aromatic carbocycles. The van der Waals surface area contributed by atoms with E-state index in [1.807, 2.05) is 6.07 Å². The summed E-state index contributed by atoms with van der Waals surface area (Å²) in [5.41, 5.74) is 6.65. The van der Waals surface area contributed by atoms with Gasteiger partial charge in [0.05, 0.1) is 12.1 Å². The molecule has 1 fully saturated rings. The summed E-state index contributed by atoms with van der Waals surface area (Å²) < 4.78 is 5.62. The van der Waals surface area contributed by atoms with Crippen LogP contribution in [0, 0.1) is 5.92 Å². The van der Waals surface area contributed by atoms with Crippen molar-refractivity contribution < 1.29 is 24.1 Å². The molecule has 1 amide bonds. The number of para-hydroxylation sites is 1. The van der Waals surface area contributed by atoms with E-state index in [2.05, 4.69) is 5.32 Å². The van der Waals surface area contributed by atoms with Gasteiger partial charge in [0.25, 0.3) is 0 Å². The minimum atomic E-state index is -1.09. The van der Waals surface area contributed by atoms with Crippen LogP contribution in [0.25, 0.3) is 0 Å².